The van der Waals surface area contributed by atoms with Gasteiger partial charge in [0.1, 0.15) is 5.82 Å². The van der Waals surface area contributed by atoms with Gasteiger partial charge in [0.15, 0.2) is 0 Å². The van der Waals surface area contributed by atoms with E-state index in [9.17, 15) is 0 Å². The number of nitrogen functional groups attached to an aromatic ring is 1. The van der Waals surface area contributed by atoms with E-state index in [1.165, 1.54) is 0 Å². The van der Waals surface area contributed by atoms with Gasteiger partial charge in [-0.25, -0.2) is 4.98 Å². The Morgan fingerprint density at radius 1 is 1.57 bits per heavy atom. The molecule has 78 valence electrons. The van der Waals surface area contributed by atoms with Crippen LogP contribution in [-0.2, 0) is 0 Å². The highest BCUT2D eigenvalue weighted by atomic mass is 16.3. The predicted molar refractivity (Wildman–Crippen MR) is 55.8 cm³/mol. The first-order valence-corrected chi connectivity index (χ1v) is 4.59. The first-order chi connectivity index (χ1) is 6.63. The van der Waals surface area contributed by atoms with Crippen LogP contribution in [0.5, 0.6) is 0 Å². The minimum atomic E-state index is -0.00991. The van der Waals surface area contributed by atoms with Crippen LogP contribution in [0.1, 0.15) is 13.8 Å². The molecule has 1 aromatic heterocycles. The molecule has 0 saturated carbocycles. The van der Waals surface area contributed by atoms with Crippen molar-refractivity contribution in [2.75, 3.05) is 17.7 Å². The van der Waals surface area contributed by atoms with Crippen molar-refractivity contribution in [2.24, 2.45) is 5.92 Å². The van der Waals surface area contributed by atoms with E-state index in [0.717, 1.165) is 0 Å². The molecule has 0 aromatic carbocycles. The summed E-state index contributed by atoms with van der Waals surface area (Å²) in [5.74, 6) is 1.21. The number of nitrogens with zero attached hydrogens (tertiary/aromatic N) is 2. The van der Waals surface area contributed by atoms with Gasteiger partial charge < -0.3 is 16.2 Å². The van der Waals surface area contributed by atoms with Crippen LogP contribution in [0.4, 0.5) is 11.8 Å². The fraction of sp³-hybridized carbons (Fsp3) is 0.556. The van der Waals surface area contributed by atoms with Crippen molar-refractivity contribution >= 4 is 11.8 Å². The fourth-order valence-corrected chi connectivity index (χ4v) is 1.07. The first-order valence-electron chi connectivity index (χ1n) is 4.59. The zero-order valence-corrected chi connectivity index (χ0v) is 8.44. The molecule has 0 aliphatic rings. The number of aliphatic hydroxyl groups is 1. The molecular weight excluding hydrogens is 180 g/mol. The van der Waals surface area contributed by atoms with Gasteiger partial charge in [0.05, 0.1) is 12.6 Å². The van der Waals surface area contributed by atoms with Crippen LogP contribution in [0.25, 0.3) is 0 Å². The molecule has 5 heteroatoms. The molecular formula is C9H16N4O. The Bertz CT molecular complexity index is 290. The van der Waals surface area contributed by atoms with Crippen LogP contribution < -0.4 is 11.1 Å². The average Bonchev–Trinajstić information content (AvgIpc) is 2.14. The second-order valence-corrected chi connectivity index (χ2v) is 3.48. The van der Waals surface area contributed by atoms with E-state index in [0.29, 0.717) is 11.7 Å². The smallest absolute Gasteiger partial charge is 0.221 e. The predicted octanol–water partition coefficient (Wildman–Crippen LogP) is 0.488. The van der Waals surface area contributed by atoms with Crippen molar-refractivity contribution in [1.29, 1.82) is 0 Å². The van der Waals surface area contributed by atoms with Crippen LogP contribution in [0.15, 0.2) is 12.3 Å². The molecule has 5 nitrogen and oxygen atoms in total. The van der Waals surface area contributed by atoms with Gasteiger partial charge in [-0.1, -0.05) is 13.8 Å². The number of aliphatic hydroxyl groups excluding tert-OH is 1. The Hall–Kier alpha value is -1.36. The highest BCUT2D eigenvalue weighted by Crippen LogP contribution is 2.09. The van der Waals surface area contributed by atoms with Gasteiger partial charge in [-0.3, -0.25) is 0 Å². The number of hydrogen-bond acceptors (Lipinski definition) is 5. The number of rotatable bonds is 4. The maximum atomic E-state index is 9.09. The molecule has 1 heterocycles. The maximum Gasteiger partial charge on any atom is 0.221 e. The molecule has 4 N–H and O–H groups in total. The van der Waals surface area contributed by atoms with Crippen molar-refractivity contribution in [1.82, 2.24) is 9.97 Å². The second kappa shape index (κ2) is 4.76. The highest BCUT2D eigenvalue weighted by molar-refractivity contribution is 5.38. The molecule has 0 saturated heterocycles. The lowest BCUT2D eigenvalue weighted by Crippen LogP contribution is -2.29. The van der Waals surface area contributed by atoms with E-state index in [1.807, 2.05) is 13.8 Å². The van der Waals surface area contributed by atoms with Gasteiger partial charge in [0.25, 0.3) is 0 Å². The van der Waals surface area contributed by atoms with Gasteiger partial charge in [0, 0.05) is 6.20 Å². The molecule has 0 bridgehead atoms. The Morgan fingerprint density at radius 3 is 2.79 bits per heavy atom. The summed E-state index contributed by atoms with van der Waals surface area (Å²) in [6.45, 7) is 4.12. The third-order valence-electron chi connectivity index (χ3n) is 2.01. The largest absolute Gasteiger partial charge is 0.394 e. The second-order valence-electron chi connectivity index (χ2n) is 3.48. The van der Waals surface area contributed by atoms with E-state index < -0.39 is 0 Å². The number of nitrogens with one attached hydrogen (secondary N) is 1. The number of aromatic nitrogens is 2. The van der Waals surface area contributed by atoms with Gasteiger partial charge in [0.2, 0.25) is 5.95 Å². The lowest BCUT2D eigenvalue weighted by Gasteiger charge is -2.20. The molecule has 0 radical (unpaired) electrons. The minimum absolute atomic E-state index is 0.00991. The monoisotopic (exact) mass is 196 g/mol. The summed E-state index contributed by atoms with van der Waals surface area (Å²) in [7, 11) is 0. The molecule has 0 spiro atoms. The average molecular weight is 196 g/mol. The number of anilines is 2. The Labute approximate surface area is 83.4 Å². The molecule has 14 heavy (non-hydrogen) atoms. The molecule has 1 unspecified atom stereocenters. The Morgan fingerprint density at radius 2 is 2.29 bits per heavy atom. The minimum Gasteiger partial charge on any atom is -0.394 e. The van der Waals surface area contributed by atoms with Gasteiger partial charge in [-0.2, -0.15) is 4.98 Å². The fourth-order valence-electron chi connectivity index (χ4n) is 1.07. The third-order valence-corrected chi connectivity index (χ3v) is 2.01. The van der Waals surface area contributed by atoms with Gasteiger partial charge in [-0.15, -0.1) is 0 Å². The van der Waals surface area contributed by atoms with Crippen molar-refractivity contribution in [3.05, 3.63) is 12.3 Å². The molecule has 0 aliphatic heterocycles. The van der Waals surface area contributed by atoms with E-state index >= 15 is 0 Å². The summed E-state index contributed by atoms with van der Waals surface area (Å²) in [5.41, 5.74) is 5.43. The van der Waals surface area contributed by atoms with E-state index in [1.54, 1.807) is 12.3 Å². The van der Waals surface area contributed by atoms with Crippen LogP contribution >= 0.6 is 0 Å². The topological polar surface area (TPSA) is 84.1 Å². The standard InChI is InChI=1S/C9H16N4O/c1-6(2)7(5-14)12-8-3-4-11-9(10)13-8/h3-4,6-7,14H,5H2,1-2H3,(H3,10,11,12,13). The lowest BCUT2D eigenvalue weighted by molar-refractivity contribution is 0.249. The van der Waals surface area contributed by atoms with E-state index in [-0.39, 0.29) is 18.6 Å². The third kappa shape index (κ3) is 2.85. The lowest BCUT2D eigenvalue weighted by atomic mass is 10.1. The zero-order valence-electron chi connectivity index (χ0n) is 8.44. The molecule has 0 amide bonds. The molecule has 1 atom stereocenters. The molecule has 0 fully saturated rings. The summed E-state index contributed by atoms with van der Waals surface area (Å²) < 4.78 is 0. The van der Waals surface area contributed by atoms with E-state index in [4.69, 9.17) is 10.8 Å². The Balaban J connectivity index is 2.67. The van der Waals surface area contributed by atoms with E-state index in [2.05, 4.69) is 15.3 Å². The number of hydrogen-bond donors (Lipinski definition) is 3. The van der Waals surface area contributed by atoms with Crippen molar-refractivity contribution in [3.8, 4) is 0 Å². The van der Waals surface area contributed by atoms with Gasteiger partial charge in [-0.05, 0) is 12.0 Å². The van der Waals surface area contributed by atoms with Crippen molar-refractivity contribution in [3.63, 3.8) is 0 Å². The SMILES string of the molecule is CC(C)C(CO)Nc1ccnc(N)n1. The maximum absolute atomic E-state index is 9.09. The summed E-state index contributed by atoms with van der Waals surface area (Å²) in [6.07, 6.45) is 1.58. The summed E-state index contributed by atoms with van der Waals surface area (Å²) in [4.78, 5) is 7.77. The van der Waals surface area contributed by atoms with Crippen LogP contribution in [0.2, 0.25) is 0 Å². The quantitative estimate of drug-likeness (QED) is 0.652. The zero-order chi connectivity index (χ0) is 10.6. The normalized spacial score (nSPS) is 12.9. The molecule has 0 aliphatic carbocycles. The van der Waals surface area contributed by atoms with Crippen molar-refractivity contribution in [2.45, 2.75) is 19.9 Å². The highest BCUT2D eigenvalue weighted by Gasteiger charge is 2.11. The molecule has 1 aromatic rings. The summed E-state index contributed by atoms with van der Waals surface area (Å²) >= 11 is 0. The van der Waals surface area contributed by atoms with Crippen LogP contribution in [0, 0.1) is 5.92 Å². The van der Waals surface area contributed by atoms with Crippen LogP contribution in [-0.4, -0.2) is 27.7 Å². The van der Waals surface area contributed by atoms with Gasteiger partial charge >= 0.3 is 0 Å². The summed E-state index contributed by atoms with van der Waals surface area (Å²) in [6, 6.07) is 1.71. The Kier molecular flexibility index (Phi) is 3.64. The van der Waals surface area contributed by atoms with Crippen LogP contribution in [0.3, 0.4) is 0 Å². The van der Waals surface area contributed by atoms with Crippen molar-refractivity contribution < 1.29 is 5.11 Å². The number of nitrogens with two attached hydrogens (primary N) is 1. The first kappa shape index (κ1) is 10.7. The summed E-state index contributed by atoms with van der Waals surface area (Å²) in [5, 5.41) is 12.2. The molecule has 1 rings (SSSR count).